The Hall–Kier alpha value is 0.0249. The highest BCUT2D eigenvalue weighted by atomic mass is 16.3. The van der Waals surface area contributed by atoms with Crippen LogP contribution in [0.15, 0.2) is 0 Å². The zero-order valence-corrected chi connectivity index (χ0v) is 6.59. The van der Waals surface area contributed by atoms with Gasteiger partial charge in [-0.1, -0.05) is 25.6 Å². The lowest BCUT2D eigenvalue weighted by atomic mass is 9.79. The second kappa shape index (κ2) is 3.43. The fourth-order valence-electron chi connectivity index (χ4n) is 1.82. The van der Waals surface area contributed by atoms with Crippen molar-refractivity contribution in [2.75, 3.05) is 6.61 Å². The second-order valence-corrected chi connectivity index (χ2v) is 3.35. The Bertz CT molecular complexity index is 105. The molecule has 0 spiro atoms. The molecule has 1 N–H and O–H groups in total. The van der Waals surface area contributed by atoms with Crippen LogP contribution in [0.1, 0.15) is 26.2 Å². The Balaban J connectivity index is 2.36. The van der Waals surface area contributed by atoms with Crippen molar-refractivity contribution in [2.45, 2.75) is 32.0 Å². The highest BCUT2D eigenvalue weighted by Crippen LogP contribution is 2.39. The maximum Gasteiger partial charge on any atom is 0.0704 e. The van der Waals surface area contributed by atoms with E-state index >= 15 is 0 Å². The van der Waals surface area contributed by atoms with Crippen LogP contribution in [-0.4, -0.2) is 19.6 Å². The maximum atomic E-state index is 8.87. The number of hydrogen-bond donors (Lipinski definition) is 1. The van der Waals surface area contributed by atoms with Gasteiger partial charge >= 0.3 is 0 Å². The van der Waals surface area contributed by atoms with Gasteiger partial charge in [0.05, 0.1) is 7.85 Å². The molecule has 1 fully saturated rings. The van der Waals surface area contributed by atoms with Crippen molar-refractivity contribution in [2.24, 2.45) is 11.8 Å². The second-order valence-electron chi connectivity index (χ2n) is 3.35. The van der Waals surface area contributed by atoms with Crippen LogP contribution < -0.4 is 0 Å². The third-order valence-electron chi connectivity index (χ3n) is 2.66. The number of rotatable bonds is 2. The highest BCUT2D eigenvalue weighted by Gasteiger charge is 2.28. The summed E-state index contributed by atoms with van der Waals surface area (Å²) in [6.45, 7) is 2.47. The lowest BCUT2D eigenvalue weighted by Crippen LogP contribution is -2.06. The van der Waals surface area contributed by atoms with Gasteiger partial charge in [0.1, 0.15) is 0 Å². The molecule has 0 heterocycles. The van der Waals surface area contributed by atoms with E-state index in [0.29, 0.717) is 5.92 Å². The van der Waals surface area contributed by atoms with Crippen LogP contribution in [0.3, 0.4) is 0 Å². The molecule has 1 saturated carbocycles. The quantitative estimate of drug-likeness (QED) is 0.571. The average Bonchev–Trinajstić information content (AvgIpc) is 2.30. The van der Waals surface area contributed by atoms with Gasteiger partial charge in [0.15, 0.2) is 0 Å². The Labute approximate surface area is 64.2 Å². The van der Waals surface area contributed by atoms with E-state index in [4.69, 9.17) is 13.0 Å². The van der Waals surface area contributed by atoms with Crippen molar-refractivity contribution in [3.63, 3.8) is 0 Å². The predicted octanol–water partition coefficient (Wildman–Crippen LogP) is 1.37. The lowest BCUT2D eigenvalue weighted by Gasteiger charge is -2.09. The van der Waals surface area contributed by atoms with Crippen molar-refractivity contribution < 1.29 is 5.11 Å². The van der Waals surface area contributed by atoms with Gasteiger partial charge in [-0.2, -0.15) is 0 Å². The minimum atomic E-state index is 0.259. The number of aliphatic hydroxyl groups excluding tert-OH is 1. The largest absolute Gasteiger partial charge is 0.396 e. The van der Waals surface area contributed by atoms with Gasteiger partial charge in [-0.05, 0) is 18.3 Å². The van der Waals surface area contributed by atoms with Crippen LogP contribution in [0.25, 0.3) is 0 Å². The molecule has 1 nitrogen and oxygen atoms in total. The van der Waals surface area contributed by atoms with E-state index in [1.807, 2.05) is 0 Å². The predicted molar refractivity (Wildman–Crippen MR) is 43.1 cm³/mol. The molecule has 0 saturated heterocycles. The Morgan fingerprint density at radius 2 is 2.20 bits per heavy atom. The summed E-state index contributed by atoms with van der Waals surface area (Å²) in [5, 5.41) is 8.87. The first-order chi connectivity index (χ1) is 4.77. The minimum absolute atomic E-state index is 0.259. The van der Waals surface area contributed by atoms with Crippen molar-refractivity contribution in [3.05, 3.63) is 0 Å². The van der Waals surface area contributed by atoms with E-state index in [9.17, 15) is 0 Å². The molecule has 0 bridgehead atoms. The van der Waals surface area contributed by atoms with Gasteiger partial charge in [0.2, 0.25) is 0 Å². The zero-order valence-electron chi connectivity index (χ0n) is 6.59. The van der Waals surface area contributed by atoms with Gasteiger partial charge in [-0.15, -0.1) is 0 Å². The van der Waals surface area contributed by atoms with Crippen LogP contribution in [0.5, 0.6) is 0 Å². The summed E-state index contributed by atoms with van der Waals surface area (Å²) in [5.74, 6) is 1.41. The Kier molecular flexibility index (Phi) is 2.78. The van der Waals surface area contributed by atoms with E-state index in [0.717, 1.165) is 18.8 Å². The average molecular weight is 138 g/mol. The highest BCUT2D eigenvalue weighted by molar-refractivity contribution is 6.12. The molecule has 0 aromatic rings. The molecule has 0 aromatic carbocycles. The molecular weight excluding hydrogens is 123 g/mol. The van der Waals surface area contributed by atoms with Crippen molar-refractivity contribution in [3.8, 4) is 0 Å². The van der Waals surface area contributed by atoms with E-state index in [2.05, 4.69) is 6.92 Å². The first-order valence-electron chi connectivity index (χ1n) is 4.14. The van der Waals surface area contributed by atoms with Crippen molar-refractivity contribution in [1.29, 1.82) is 0 Å². The summed E-state index contributed by atoms with van der Waals surface area (Å²) >= 11 is 0. The monoisotopic (exact) mass is 138 g/mol. The summed E-state index contributed by atoms with van der Waals surface area (Å²) in [6.07, 6.45) is 3.46. The van der Waals surface area contributed by atoms with Gasteiger partial charge < -0.3 is 5.11 Å². The fourth-order valence-corrected chi connectivity index (χ4v) is 1.82. The van der Waals surface area contributed by atoms with Gasteiger partial charge in [0, 0.05) is 6.61 Å². The molecule has 3 unspecified atom stereocenters. The molecule has 0 aromatic heterocycles. The SMILES string of the molecule is [B]C1CC(CC)CC1CO. The first kappa shape index (κ1) is 8.12. The third-order valence-corrected chi connectivity index (χ3v) is 2.66. The van der Waals surface area contributed by atoms with E-state index in [1.165, 1.54) is 6.42 Å². The van der Waals surface area contributed by atoms with Crippen LogP contribution in [-0.2, 0) is 0 Å². The lowest BCUT2D eigenvalue weighted by molar-refractivity contribution is 0.226. The maximum absolute atomic E-state index is 8.87. The van der Waals surface area contributed by atoms with E-state index in [1.54, 1.807) is 0 Å². The first-order valence-corrected chi connectivity index (χ1v) is 4.14. The molecule has 10 heavy (non-hydrogen) atoms. The molecule has 1 aliphatic rings. The van der Waals surface area contributed by atoms with Crippen molar-refractivity contribution >= 4 is 7.85 Å². The minimum Gasteiger partial charge on any atom is -0.396 e. The molecule has 56 valence electrons. The molecule has 1 rings (SSSR count). The molecule has 3 atom stereocenters. The number of hydrogen-bond acceptors (Lipinski definition) is 1. The van der Waals surface area contributed by atoms with Crippen LogP contribution >= 0.6 is 0 Å². The van der Waals surface area contributed by atoms with Crippen LogP contribution in [0.4, 0.5) is 0 Å². The topological polar surface area (TPSA) is 20.2 Å². The zero-order chi connectivity index (χ0) is 7.56. The van der Waals surface area contributed by atoms with Gasteiger partial charge in [-0.3, -0.25) is 0 Å². The molecule has 2 heteroatoms. The Morgan fingerprint density at radius 3 is 2.50 bits per heavy atom. The van der Waals surface area contributed by atoms with Crippen molar-refractivity contribution in [1.82, 2.24) is 0 Å². The summed E-state index contributed by atoms with van der Waals surface area (Å²) in [4.78, 5) is 0. The third kappa shape index (κ3) is 1.54. The summed E-state index contributed by atoms with van der Waals surface area (Å²) in [6, 6.07) is 0. The molecule has 1 aliphatic carbocycles. The van der Waals surface area contributed by atoms with E-state index in [-0.39, 0.29) is 12.4 Å². The fraction of sp³-hybridized carbons (Fsp3) is 1.00. The summed E-state index contributed by atoms with van der Waals surface area (Å²) < 4.78 is 0. The smallest absolute Gasteiger partial charge is 0.0704 e. The summed E-state index contributed by atoms with van der Waals surface area (Å²) in [5.41, 5.74) is 0. The van der Waals surface area contributed by atoms with Crippen LogP contribution in [0, 0.1) is 11.8 Å². The van der Waals surface area contributed by atoms with Gasteiger partial charge in [-0.25, -0.2) is 0 Å². The molecular formula is C8H15BO. The van der Waals surface area contributed by atoms with Crippen LogP contribution in [0.2, 0.25) is 5.82 Å². The Morgan fingerprint density at radius 1 is 1.50 bits per heavy atom. The molecule has 0 aliphatic heterocycles. The standard InChI is InChI=1S/C8H15BO/c1-2-6-3-7(5-10)8(9)4-6/h6-8,10H,2-5H2,1H3. The summed E-state index contributed by atoms with van der Waals surface area (Å²) in [7, 11) is 5.80. The van der Waals surface area contributed by atoms with Gasteiger partial charge in [0.25, 0.3) is 0 Å². The van der Waals surface area contributed by atoms with E-state index < -0.39 is 0 Å². The molecule has 0 amide bonds. The normalized spacial score (nSPS) is 40.4. The number of aliphatic hydroxyl groups is 1. The molecule has 2 radical (unpaired) electrons.